The van der Waals surface area contributed by atoms with Gasteiger partial charge in [-0.2, -0.15) is 0 Å². The molecule has 0 saturated heterocycles. The lowest BCUT2D eigenvalue weighted by Gasteiger charge is -2.15. The topological polar surface area (TPSA) is 44.2 Å². The quantitative estimate of drug-likeness (QED) is 0.451. The zero-order valence-electron chi connectivity index (χ0n) is 10.2. The maximum atomic E-state index is 5.67. The summed E-state index contributed by atoms with van der Waals surface area (Å²) in [4.78, 5) is 7.95. The largest absolute Gasteiger partial charge is 0.449 e. The predicted molar refractivity (Wildman–Crippen MR) is 74.3 cm³/mol. The van der Waals surface area contributed by atoms with E-state index in [1.54, 1.807) is 0 Å². The molecule has 96 valence electrons. The fourth-order valence-electron chi connectivity index (χ4n) is 0.967. The van der Waals surface area contributed by atoms with Crippen LogP contribution in [-0.4, -0.2) is 31.4 Å². The fraction of sp³-hybridized carbons (Fsp3) is 0.600. The molecule has 4 nitrogen and oxygen atoms in total. The van der Waals surface area contributed by atoms with E-state index >= 15 is 0 Å². The third kappa shape index (κ3) is 6.35. The first-order chi connectivity index (χ1) is 7.88. The van der Waals surface area contributed by atoms with Crippen molar-refractivity contribution in [3.8, 4) is 5.88 Å². The molecule has 1 aromatic rings. The Labute approximate surface area is 116 Å². The Balaban J connectivity index is 2.27. The van der Waals surface area contributed by atoms with Crippen LogP contribution in [0.25, 0.3) is 0 Å². The molecule has 0 radical (unpaired) electrons. The second-order valence-corrected chi connectivity index (χ2v) is 11.5. The van der Waals surface area contributed by atoms with Crippen molar-refractivity contribution in [2.75, 3.05) is 13.4 Å². The Morgan fingerprint density at radius 1 is 1.41 bits per heavy atom. The lowest BCUT2D eigenvalue weighted by Crippen LogP contribution is -2.22. The predicted octanol–water partition coefficient (Wildman–Crippen LogP) is 3.58. The zero-order chi connectivity index (χ0) is 12.9. The summed E-state index contributed by atoms with van der Waals surface area (Å²) in [5.74, 6) is 0.391. The van der Waals surface area contributed by atoms with Gasteiger partial charge in [0.25, 0.3) is 0 Å². The highest BCUT2D eigenvalue weighted by atomic mass is 79.9. The van der Waals surface area contributed by atoms with Crippen molar-refractivity contribution in [2.45, 2.75) is 25.7 Å². The molecule has 17 heavy (non-hydrogen) atoms. The molecule has 0 amide bonds. The molecule has 0 spiro atoms. The third-order valence-electron chi connectivity index (χ3n) is 1.95. The van der Waals surface area contributed by atoms with E-state index in [-0.39, 0.29) is 6.79 Å². The van der Waals surface area contributed by atoms with E-state index in [0.29, 0.717) is 22.2 Å². The molecule has 0 saturated carbocycles. The van der Waals surface area contributed by atoms with Gasteiger partial charge in [0, 0.05) is 14.7 Å². The average molecular weight is 340 g/mol. The van der Waals surface area contributed by atoms with E-state index in [1.165, 1.54) is 6.20 Å². The van der Waals surface area contributed by atoms with Crippen LogP contribution in [0.3, 0.4) is 0 Å². The van der Waals surface area contributed by atoms with Crippen molar-refractivity contribution in [3.63, 3.8) is 0 Å². The maximum absolute atomic E-state index is 5.67. The molecule has 0 aromatic carbocycles. The highest BCUT2D eigenvalue weighted by molar-refractivity contribution is 9.10. The van der Waals surface area contributed by atoms with E-state index in [9.17, 15) is 0 Å². The van der Waals surface area contributed by atoms with E-state index in [2.05, 4.69) is 45.5 Å². The lowest BCUT2D eigenvalue weighted by molar-refractivity contribution is 0.0185. The number of hydrogen-bond acceptors (Lipinski definition) is 4. The van der Waals surface area contributed by atoms with Crippen molar-refractivity contribution in [3.05, 3.63) is 16.0 Å². The summed E-state index contributed by atoms with van der Waals surface area (Å²) in [7, 11) is -1.04. The van der Waals surface area contributed by atoms with Gasteiger partial charge in [-0.3, -0.25) is 0 Å². The number of nitrogens with zero attached hydrogens (tertiary/aromatic N) is 2. The maximum Gasteiger partial charge on any atom is 0.249 e. The fourth-order valence-corrected chi connectivity index (χ4v) is 2.37. The van der Waals surface area contributed by atoms with Crippen LogP contribution in [0.15, 0.2) is 10.8 Å². The molecule has 0 bridgehead atoms. The van der Waals surface area contributed by atoms with Crippen LogP contribution in [0.2, 0.25) is 30.8 Å². The van der Waals surface area contributed by atoms with Crippen molar-refractivity contribution in [2.24, 2.45) is 0 Å². The Hall–Kier alpha value is -0.173. The Morgan fingerprint density at radius 2 is 2.12 bits per heavy atom. The molecule has 0 aliphatic heterocycles. The van der Waals surface area contributed by atoms with Crippen LogP contribution in [0.4, 0.5) is 0 Å². The minimum Gasteiger partial charge on any atom is -0.449 e. The highest BCUT2D eigenvalue weighted by Crippen LogP contribution is 2.21. The van der Waals surface area contributed by atoms with Crippen LogP contribution < -0.4 is 4.74 Å². The van der Waals surface area contributed by atoms with E-state index in [4.69, 9.17) is 21.1 Å². The van der Waals surface area contributed by atoms with Crippen molar-refractivity contribution < 1.29 is 9.47 Å². The highest BCUT2D eigenvalue weighted by Gasteiger charge is 2.12. The van der Waals surface area contributed by atoms with Crippen molar-refractivity contribution in [1.82, 2.24) is 9.97 Å². The van der Waals surface area contributed by atoms with Gasteiger partial charge in [0.15, 0.2) is 11.4 Å². The molecule has 0 fully saturated rings. The zero-order valence-corrected chi connectivity index (χ0v) is 13.5. The van der Waals surface area contributed by atoms with Gasteiger partial charge in [-0.15, -0.1) is 0 Å². The first-order valence-corrected chi connectivity index (χ1v) is 10.1. The second kappa shape index (κ2) is 6.68. The third-order valence-corrected chi connectivity index (χ3v) is 4.35. The van der Waals surface area contributed by atoms with Gasteiger partial charge in [-0.1, -0.05) is 31.2 Å². The summed E-state index contributed by atoms with van der Waals surface area (Å²) in [6.45, 7) is 7.81. The second-order valence-electron chi connectivity index (χ2n) is 4.77. The Kier molecular flexibility index (Phi) is 5.85. The van der Waals surface area contributed by atoms with E-state index < -0.39 is 8.07 Å². The molecule has 0 N–H and O–H groups in total. The van der Waals surface area contributed by atoms with Gasteiger partial charge in [0.2, 0.25) is 5.88 Å². The normalized spacial score (nSPS) is 11.6. The monoisotopic (exact) mass is 338 g/mol. The summed E-state index contributed by atoms with van der Waals surface area (Å²) in [5.41, 5.74) is 0. The van der Waals surface area contributed by atoms with Crippen LogP contribution in [0.5, 0.6) is 5.88 Å². The number of halogens is 2. The minimum absolute atomic E-state index is 0.180. The van der Waals surface area contributed by atoms with Gasteiger partial charge in [-0.05, 0) is 22.0 Å². The van der Waals surface area contributed by atoms with Gasteiger partial charge in [-0.25, -0.2) is 9.97 Å². The molecule has 1 aromatic heterocycles. The Bertz CT molecular complexity index is 374. The summed E-state index contributed by atoms with van der Waals surface area (Å²) in [5, 5.41) is 0.323. The first kappa shape index (κ1) is 14.9. The molecule has 1 heterocycles. The minimum atomic E-state index is -1.04. The van der Waals surface area contributed by atoms with Gasteiger partial charge in [0.1, 0.15) is 5.15 Å². The average Bonchev–Trinajstić information content (AvgIpc) is 2.18. The summed E-state index contributed by atoms with van der Waals surface area (Å²) in [6.07, 6.45) is 1.43. The lowest BCUT2D eigenvalue weighted by atomic mass is 10.7. The first-order valence-electron chi connectivity index (χ1n) is 5.27. The number of ether oxygens (including phenoxy) is 2. The summed E-state index contributed by atoms with van der Waals surface area (Å²) < 4.78 is 11.2. The number of aromatic nitrogens is 2. The van der Waals surface area contributed by atoms with Crippen molar-refractivity contribution in [1.29, 1.82) is 0 Å². The van der Waals surface area contributed by atoms with Crippen LogP contribution in [0.1, 0.15) is 0 Å². The summed E-state index contributed by atoms with van der Waals surface area (Å²) >= 11 is 8.88. The molecule has 7 heteroatoms. The molecule has 0 atom stereocenters. The van der Waals surface area contributed by atoms with E-state index in [1.807, 2.05) is 0 Å². The molecule has 1 rings (SSSR count). The SMILES string of the molecule is C[Si](C)(C)CCOCOc1ncc(Cl)nc1Br. The van der Waals surface area contributed by atoms with Gasteiger partial charge in [0.05, 0.1) is 6.20 Å². The molecular weight excluding hydrogens is 324 g/mol. The van der Waals surface area contributed by atoms with Gasteiger partial charge < -0.3 is 9.47 Å². The number of rotatable bonds is 6. The molecular formula is C10H16BrClN2O2Si. The van der Waals surface area contributed by atoms with Crippen LogP contribution >= 0.6 is 27.5 Å². The van der Waals surface area contributed by atoms with Crippen LogP contribution in [-0.2, 0) is 4.74 Å². The Morgan fingerprint density at radius 3 is 2.71 bits per heavy atom. The molecule has 0 aliphatic rings. The standard InChI is InChI=1S/C10H16BrClN2O2Si/c1-17(2,3)5-4-15-7-16-10-9(11)14-8(12)6-13-10/h6H,4-5,7H2,1-3H3. The van der Waals surface area contributed by atoms with E-state index in [0.717, 1.165) is 6.04 Å². The number of hydrogen-bond donors (Lipinski definition) is 0. The summed E-state index contributed by atoms with van der Waals surface area (Å²) in [6, 6.07) is 1.11. The smallest absolute Gasteiger partial charge is 0.249 e. The van der Waals surface area contributed by atoms with Gasteiger partial charge >= 0.3 is 0 Å². The van der Waals surface area contributed by atoms with Crippen LogP contribution in [0, 0.1) is 0 Å². The van der Waals surface area contributed by atoms with Crippen molar-refractivity contribution >= 4 is 35.6 Å². The molecule has 0 unspecified atom stereocenters. The molecule has 0 aliphatic carbocycles.